The fourth-order valence-corrected chi connectivity index (χ4v) is 3.59. The van der Waals surface area contributed by atoms with Gasteiger partial charge in [-0.15, -0.1) is 0 Å². The zero-order chi connectivity index (χ0) is 18.7. The number of ether oxygens (including phenoxy) is 1. The van der Waals surface area contributed by atoms with Crippen LogP contribution in [0.5, 0.6) is 0 Å². The standard InChI is InChI=1S/C19H23N3O4/c1-3-26-19(25)21-20-12(2)13-8-10-14(11-9-13)22-17(23)15-6-4-5-7-16(15)18(22)24/h8-11,15-16,20H,2-7H2,1H3,(H,21,25). The molecule has 1 saturated carbocycles. The van der Waals surface area contributed by atoms with Crippen molar-refractivity contribution in [1.29, 1.82) is 0 Å². The molecule has 0 aromatic heterocycles. The van der Waals surface area contributed by atoms with Crippen molar-refractivity contribution in [3.63, 3.8) is 0 Å². The van der Waals surface area contributed by atoms with Gasteiger partial charge in [-0.05, 0) is 37.5 Å². The zero-order valence-corrected chi connectivity index (χ0v) is 14.8. The number of rotatable bonds is 5. The van der Waals surface area contributed by atoms with Crippen LogP contribution in [0, 0.1) is 11.8 Å². The second-order valence-corrected chi connectivity index (χ2v) is 6.51. The highest BCUT2D eigenvalue weighted by atomic mass is 16.5. The summed E-state index contributed by atoms with van der Waals surface area (Å²) < 4.78 is 4.75. The van der Waals surface area contributed by atoms with Crippen molar-refractivity contribution in [1.82, 2.24) is 10.9 Å². The van der Waals surface area contributed by atoms with Gasteiger partial charge in [0.05, 0.1) is 29.8 Å². The van der Waals surface area contributed by atoms with Gasteiger partial charge in [-0.25, -0.2) is 10.2 Å². The maximum atomic E-state index is 12.6. The minimum absolute atomic E-state index is 0.0895. The summed E-state index contributed by atoms with van der Waals surface area (Å²) in [6.07, 6.45) is 3.01. The van der Waals surface area contributed by atoms with Gasteiger partial charge in [0.15, 0.2) is 0 Å². The molecule has 1 saturated heterocycles. The molecule has 2 unspecified atom stereocenters. The molecule has 0 bridgehead atoms. The highest BCUT2D eigenvalue weighted by Crippen LogP contribution is 2.40. The highest BCUT2D eigenvalue weighted by molar-refractivity contribution is 6.22. The Bertz CT molecular complexity index is 705. The smallest absolute Gasteiger partial charge is 0.425 e. The van der Waals surface area contributed by atoms with Crippen LogP contribution >= 0.6 is 0 Å². The van der Waals surface area contributed by atoms with Gasteiger partial charge in [-0.2, -0.15) is 0 Å². The van der Waals surface area contributed by atoms with E-state index in [-0.39, 0.29) is 30.3 Å². The van der Waals surface area contributed by atoms with E-state index >= 15 is 0 Å². The summed E-state index contributed by atoms with van der Waals surface area (Å²) in [5, 5.41) is 0. The average molecular weight is 357 g/mol. The number of amides is 3. The number of benzene rings is 1. The molecule has 7 nitrogen and oxygen atoms in total. The van der Waals surface area contributed by atoms with Crippen LogP contribution in [-0.2, 0) is 14.3 Å². The zero-order valence-electron chi connectivity index (χ0n) is 14.8. The predicted octanol–water partition coefficient (Wildman–Crippen LogP) is 2.59. The van der Waals surface area contributed by atoms with E-state index in [0.29, 0.717) is 11.4 Å². The van der Waals surface area contributed by atoms with Crippen molar-refractivity contribution in [2.45, 2.75) is 32.6 Å². The molecule has 1 heterocycles. The van der Waals surface area contributed by atoms with Gasteiger partial charge in [0.2, 0.25) is 11.8 Å². The number of anilines is 1. The monoisotopic (exact) mass is 357 g/mol. The number of nitrogens with zero attached hydrogens (tertiary/aromatic N) is 1. The molecule has 1 aromatic rings. The van der Waals surface area contributed by atoms with E-state index in [1.807, 2.05) is 0 Å². The van der Waals surface area contributed by atoms with E-state index in [4.69, 9.17) is 4.74 Å². The van der Waals surface area contributed by atoms with Crippen LogP contribution in [0.25, 0.3) is 5.70 Å². The van der Waals surface area contributed by atoms with Crippen LogP contribution in [0.15, 0.2) is 30.8 Å². The lowest BCUT2D eigenvalue weighted by atomic mass is 9.81. The fraction of sp³-hybridized carbons (Fsp3) is 0.421. The first-order valence-electron chi connectivity index (χ1n) is 8.89. The second-order valence-electron chi connectivity index (χ2n) is 6.51. The Kier molecular flexibility index (Phi) is 5.25. The van der Waals surface area contributed by atoms with E-state index in [9.17, 15) is 14.4 Å². The van der Waals surface area contributed by atoms with Gasteiger partial charge < -0.3 is 4.74 Å². The van der Waals surface area contributed by atoms with Crippen molar-refractivity contribution in [2.75, 3.05) is 11.5 Å². The Labute approximate surface area is 152 Å². The number of hydrogen-bond acceptors (Lipinski definition) is 5. The summed E-state index contributed by atoms with van der Waals surface area (Å²) in [4.78, 5) is 37.8. The van der Waals surface area contributed by atoms with Gasteiger partial charge >= 0.3 is 6.09 Å². The maximum absolute atomic E-state index is 12.6. The van der Waals surface area contributed by atoms with Crippen LogP contribution in [0.2, 0.25) is 0 Å². The van der Waals surface area contributed by atoms with Crippen LogP contribution in [0.4, 0.5) is 10.5 Å². The first-order chi connectivity index (χ1) is 12.5. The molecule has 2 atom stereocenters. The third-order valence-electron chi connectivity index (χ3n) is 4.91. The Morgan fingerprint density at radius 3 is 2.23 bits per heavy atom. The van der Waals surface area contributed by atoms with Gasteiger partial charge in [0.1, 0.15) is 0 Å². The number of hydrogen-bond donors (Lipinski definition) is 2. The molecule has 3 amide bonds. The lowest BCUT2D eigenvalue weighted by molar-refractivity contribution is -0.122. The molecule has 1 aliphatic carbocycles. The highest BCUT2D eigenvalue weighted by Gasteiger charge is 2.48. The molecule has 2 aliphatic rings. The third-order valence-corrected chi connectivity index (χ3v) is 4.91. The van der Waals surface area contributed by atoms with Crippen LogP contribution in [-0.4, -0.2) is 24.5 Å². The fourth-order valence-electron chi connectivity index (χ4n) is 3.59. The normalized spacial score (nSPS) is 22.0. The molecule has 2 fully saturated rings. The Hall–Kier alpha value is -2.83. The number of carbonyl (C=O) groups is 3. The van der Waals surface area contributed by atoms with Gasteiger partial charge in [0, 0.05) is 0 Å². The van der Waals surface area contributed by atoms with Gasteiger partial charge in [0.25, 0.3) is 0 Å². The molecule has 1 aromatic carbocycles. The van der Waals surface area contributed by atoms with Crippen molar-refractivity contribution >= 4 is 29.3 Å². The molecule has 0 spiro atoms. The van der Waals surface area contributed by atoms with E-state index in [1.54, 1.807) is 31.2 Å². The number of fused-ring (bicyclic) bond motifs is 1. The molecule has 7 heteroatoms. The van der Waals surface area contributed by atoms with E-state index < -0.39 is 6.09 Å². The summed E-state index contributed by atoms with van der Waals surface area (Å²) in [5.74, 6) is -0.510. The quantitative estimate of drug-likeness (QED) is 0.625. The molecular weight excluding hydrogens is 334 g/mol. The number of hydrazine groups is 1. The molecule has 138 valence electrons. The van der Waals surface area contributed by atoms with Crippen molar-refractivity contribution in [3.8, 4) is 0 Å². The summed E-state index contributed by atoms with van der Waals surface area (Å²) in [5.41, 5.74) is 6.80. The minimum Gasteiger partial charge on any atom is -0.449 e. The Morgan fingerprint density at radius 1 is 1.12 bits per heavy atom. The molecule has 2 N–H and O–H groups in total. The number of carbonyl (C=O) groups excluding carboxylic acids is 3. The van der Waals surface area contributed by atoms with Crippen molar-refractivity contribution in [2.24, 2.45) is 11.8 Å². The topological polar surface area (TPSA) is 87.7 Å². The summed E-state index contributed by atoms with van der Waals surface area (Å²) >= 11 is 0. The third kappa shape index (κ3) is 3.42. The van der Waals surface area contributed by atoms with E-state index in [1.165, 1.54) is 4.90 Å². The van der Waals surface area contributed by atoms with Gasteiger partial charge in [-0.1, -0.05) is 31.6 Å². The lowest BCUT2D eigenvalue weighted by Crippen LogP contribution is -2.36. The summed E-state index contributed by atoms with van der Waals surface area (Å²) in [7, 11) is 0. The second kappa shape index (κ2) is 7.59. The SMILES string of the molecule is C=C(NNC(=O)OCC)c1ccc(N2C(=O)C3CCCCC3C2=O)cc1. The number of imide groups is 1. The van der Waals surface area contributed by atoms with E-state index in [2.05, 4.69) is 17.4 Å². The maximum Gasteiger partial charge on any atom is 0.425 e. The molecule has 1 aliphatic heterocycles. The van der Waals surface area contributed by atoms with Crippen LogP contribution in [0.3, 0.4) is 0 Å². The first-order valence-corrected chi connectivity index (χ1v) is 8.89. The minimum atomic E-state index is -0.596. The Morgan fingerprint density at radius 2 is 1.69 bits per heavy atom. The molecule has 3 rings (SSSR count). The van der Waals surface area contributed by atoms with Crippen molar-refractivity contribution in [3.05, 3.63) is 36.4 Å². The molecule has 26 heavy (non-hydrogen) atoms. The van der Waals surface area contributed by atoms with E-state index in [0.717, 1.165) is 31.2 Å². The largest absolute Gasteiger partial charge is 0.449 e. The van der Waals surface area contributed by atoms with Crippen LogP contribution in [0.1, 0.15) is 38.2 Å². The van der Waals surface area contributed by atoms with Crippen LogP contribution < -0.4 is 15.8 Å². The first kappa shape index (κ1) is 18.0. The average Bonchev–Trinajstić information content (AvgIpc) is 2.91. The van der Waals surface area contributed by atoms with Gasteiger partial charge in [-0.3, -0.25) is 19.9 Å². The lowest BCUT2D eigenvalue weighted by Gasteiger charge is -2.19. The summed E-state index contributed by atoms with van der Waals surface area (Å²) in [6, 6.07) is 6.94. The Balaban J connectivity index is 1.67. The predicted molar refractivity (Wildman–Crippen MR) is 96.7 cm³/mol. The molecule has 0 radical (unpaired) electrons. The summed E-state index contributed by atoms with van der Waals surface area (Å²) in [6.45, 7) is 5.83. The van der Waals surface area contributed by atoms with Crippen molar-refractivity contribution < 1.29 is 19.1 Å². The number of nitrogens with one attached hydrogen (secondary N) is 2. The molecular formula is C19H23N3O4.